The van der Waals surface area contributed by atoms with Crippen LogP contribution in [-0.4, -0.2) is 24.7 Å². The zero-order valence-corrected chi connectivity index (χ0v) is 10.8. The molecule has 3 aromatic heterocycles. The molecule has 0 aliphatic carbocycles. The Bertz CT molecular complexity index is 926. The number of rotatable bonds is 2. The van der Waals surface area contributed by atoms with Gasteiger partial charge in [-0.15, -0.1) is 0 Å². The van der Waals surface area contributed by atoms with Gasteiger partial charge >= 0.3 is 0 Å². The van der Waals surface area contributed by atoms with Crippen LogP contribution in [0.15, 0.2) is 53.6 Å². The van der Waals surface area contributed by atoms with Gasteiger partial charge in [0.2, 0.25) is 5.82 Å². The first-order valence-corrected chi connectivity index (χ1v) is 6.28. The van der Waals surface area contributed by atoms with Crippen molar-refractivity contribution in [3.8, 4) is 22.8 Å². The fourth-order valence-electron chi connectivity index (χ4n) is 2.13. The number of aromatic nitrogens is 5. The summed E-state index contributed by atoms with van der Waals surface area (Å²) in [5.74, 6) is 0.885. The maximum atomic E-state index is 5.76. The molecule has 4 rings (SSSR count). The van der Waals surface area contributed by atoms with E-state index >= 15 is 0 Å². The molecular weight excluding hydrogens is 268 g/mol. The van der Waals surface area contributed by atoms with E-state index in [1.807, 2.05) is 12.1 Å². The van der Waals surface area contributed by atoms with Gasteiger partial charge in [0, 0.05) is 23.6 Å². The van der Waals surface area contributed by atoms with Crippen LogP contribution in [-0.2, 0) is 0 Å². The number of fused-ring (bicyclic) bond motifs is 1. The van der Waals surface area contributed by atoms with Crippen LogP contribution in [0.2, 0.25) is 0 Å². The predicted octanol–water partition coefficient (Wildman–Crippen LogP) is 2.03. The fourth-order valence-corrected chi connectivity index (χ4v) is 2.13. The Morgan fingerprint density at radius 1 is 1.19 bits per heavy atom. The quantitative estimate of drug-likeness (QED) is 0.564. The van der Waals surface area contributed by atoms with Gasteiger partial charge in [-0.05, 0) is 12.1 Å². The standard InChI is InChI=1S/C14H10N6O/c15-10-3-1-2-9(6-10)13-18-14(21-19-13)11-7-17-20-5-4-16-8-12(11)20/h1-8H,15H2. The molecule has 0 amide bonds. The van der Waals surface area contributed by atoms with E-state index in [-0.39, 0.29) is 0 Å². The first-order valence-electron chi connectivity index (χ1n) is 6.28. The van der Waals surface area contributed by atoms with Crippen LogP contribution in [0.5, 0.6) is 0 Å². The molecule has 102 valence electrons. The van der Waals surface area contributed by atoms with Crippen LogP contribution in [0.4, 0.5) is 5.69 Å². The van der Waals surface area contributed by atoms with Crippen LogP contribution in [0.3, 0.4) is 0 Å². The molecule has 3 heterocycles. The average Bonchev–Trinajstić information content (AvgIpc) is 3.14. The highest BCUT2D eigenvalue weighted by Gasteiger charge is 2.15. The van der Waals surface area contributed by atoms with E-state index in [0.717, 1.165) is 16.6 Å². The number of benzene rings is 1. The SMILES string of the molecule is Nc1cccc(-c2noc(-c3cnn4ccncc34)n2)c1. The lowest BCUT2D eigenvalue weighted by molar-refractivity contribution is 0.432. The van der Waals surface area contributed by atoms with E-state index in [9.17, 15) is 0 Å². The van der Waals surface area contributed by atoms with Crippen LogP contribution >= 0.6 is 0 Å². The second-order valence-electron chi connectivity index (χ2n) is 4.51. The van der Waals surface area contributed by atoms with E-state index in [1.165, 1.54) is 0 Å². The molecule has 0 radical (unpaired) electrons. The lowest BCUT2D eigenvalue weighted by Crippen LogP contribution is -1.87. The largest absolute Gasteiger partial charge is 0.399 e. The highest BCUT2D eigenvalue weighted by molar-refractivity contribution is 5.74. The Morgan fingerprint density at radius 2 is 2.14 bits per heavy atom. The third kappa shape index (κ3) is 1.91. The van der Waals surface area contributed by atoms with Crippen molar-refractivity contribution in [3.05, 3.63) is 49.1 Å². The minimum atomic E-state index is 0.399. The van der Waals surface area contributed by atoms with Crippen molar-refractivity contribution in [2.45, 2.75) is 0 Å². The van der Waals surface area contributed by atoms with Crippen molar-refractivity contribution < 1.29 is 4.52 Å². The van der Waals surface area contributed by atoms with E-state index < -0.39 is 0 Å². The molecule has 0 unspecified atom stereocenters. The summed E-state index contributed by atoms with van der Waals surface area (Å²) in [6.45, 7) is 0. The third-order valence-electron chi connectivity index (χ3n) is 3.13. The summed E-state index contributed by atoms with van der Waals surface area (Å²) in [4.78, 5) is 8.48. The first kappa shape index (κ1) is 11.6. The summed E-state index contributed by atoms with van der Waals surface area (Å²) in [7, 11) is 0. The Morgan fingerprint density at radius 3 is 3.05 bits per heavy atom. The van der Waals surface area contributed by atoms with Crippen molar-refractivity contribution in [1.29, 1.82) is 0 Å². The lowest BCUT2D eigenvalue weighted by Gasteiger charge is -1.95. The molecule has 0 aliphatic rings. The van der Waals surface area contributed by atoms with Crippen molar-refractivity contribution in [3.63, 3.8) is 0 Å². The molecule has 2 N–H and O–H groups in total. The summed E-state index contributed by atoms with van der Waals surface area (Å²) in [6.07, 6.45) is 6.80. The number of nitrogen functional groups attached to an aromatic ring is 1. The molecule has 4 aromatic rings. The molecule has 0 atom stereocenters. The summed E-state index contributed by atoms with van der Waals surface area (Å²) < 4.78 is 7.03. The van der Waals surface area contributed by atoms with Gasteiger partial charge in [0.25, 0.3) is 5.89 Å². The van der Waals surface area contributed by atoms with Crippen molar-refractivity contribution in [2.75, 3.05) is 5.73 Å². The van der Waals surface area contributed by atoms with Gasteiger partial charge in [-0.1, -0.05) is 17.3 Å². The monoisotopic (exact) mass is 278 g/mol. The van der Waals surface area contributed by atoms with Gasteiger partial charge in [-0.3, -0.25) is 4.98 Å². The summed E-state index contributed by atoms with van der Waals surface area (Å²) >= 11 is 0. The van der Waals surface area contributed by atoms with Crippen LogP contribution in [0, 0.1) is 0 Å². The molecule has 0 bridgehead atoms. The Hall–Kier alpha value is -3.22. The maximum absolute atomic E-state index is 5.76. The fraction of sp³-hybridized carbons (Fsp3) is 0. The Balaban J connectivity index is 1.81. The van der Waals surface area contributed by atoms with E-state index in [1.54, 1.807) is 41.4 Å². The van der Waals surface area contributed by atoms with Crippen molar-refractivity contribution in [1.82, 2.24) is 24.7 Å². The Kier molecular flexibility index (Phi) is 2.43. The van der Waals surface area contributed by atoms with Gasteiger partial charge in [0.05, 0.1) is 23.5 Å². The van der Waals surface area contributed by atoms with Gasteiger partial charge in [0.15, 0.2) is 0 Å². The van der Waals surface area contributed by atoms with E-state index in [2.05, 4.69) is 20.2 Å². The highest BCUT2D eigenvalue weighted by atomic mass is 16.5. The molecule has 0 fully saturated rings. The molecule has 0 saturated carbocycles. The molecular formula is C14H10N6O. The second kappa shape index (κ2) is 4.41. The number of hydrogen-bond donors (Lipinski definition) is 1. The topological polar surface area (TPSA) is 95.1 Å². The molecule has 0 spiro atoms. The summed E-state index contributed by atoms with van der Waals surface area (Å²) in [5.41, 5.74) is 8.77. The third-order valence-corrected chi connectivity index (χ3v) is 3.13. The highest BCUT2D eigenvalue weighted by Crippen LogP contribution is 2.25. The zero-order valence-electron chi connectivity index (χ0n) is 10.8. The maximum Gasteiger partial charge on any atom is 0.262 e. The molecule has 7 heteroatoms. The van der Waals surface area contributed by atoms with Gasteiger partial charge in [-0.2, -0.15) is 10.1 Å². The molecule has 0 saturated heterocycles. The molecule has 21 heavy (non-hydrogen) atoms. The zero-order chi connectivity index (χ0) is 14.2. The molecule has 7 nitrogen and oxygen atoms in total. The van der Waals surface area contributed by atoms with Gasteiger partial charge < -0.3 is 10.3 Å². The normalized spacial score (nSPS) is 11.0. The smallest absolute Gasteiger partial charge is 0.262 e. The number of nitrogens with two attached hydrogens (primary N) is 1. The van der Waals surface area contributed by atoms with Crippen LogP contribution < -0.4 is 5.73 Å². The number of anilines is 1. The lowest BCUT2D eigenvalue weighted by atomic mass is 10.2. The van der Waals surface area contributed by atoms with Crippen LogP contribution in [0.1, 0.15) is 0 Å². The summed E-state index contributed by atoms with van der Waals surface area (Å²) in [6, 6.07) is 7.33. The van der Waals surface area contributed by atoms with Crippen molar-refractivity contribution in [2.24, 2.45) is 0 Å². The van der Waals surface area contributed by atoms with E-state index in [0.29, 0.717) is 17.4 Å². The van der Waals surface area contributed by atoms with Gasteiger partial charge in [-0.25, -0.2) is 4.52 Å². The van der Waals surface area contributed by atoms with Gasteiger partial charge in [0.1, 0.15) is 0 Å². The number of nitrogens with zero attached hydrogens (tertiary/aromatic N) is 5. The first-order chi connectivity index (χ1) is 10.3. The van der Waals surface area contributed by atoms with Crippen LogP contribution in [0.25, 0.3) is 28.4 Å². The summed E-state index contributed by atoms with van der Waals surface area (Å²) in [5, 5.41) is 8.21. The second-order valence-corrected chi connectivity index (χ2v) is 4.51. The Labute approximate surface area is 119 Å². The minimum absolute atomic E-state index is 0.399. The predicted molar refractivity (Wildman–Crippen MR) is 76.1 cm³/mol. The molecule has 0 aliphatic heterocycles. The average molecular weight is 278 g/mol. The number of hydrogen-bond acceptors (Lipinski definition) is 6. The molecule has 1 aromatic carbocycles. The van der Waals surface area contributed by atoms with E-state index in [4.69, 9.17) is 10.3 Å². The van der Waals surface area contributed by atoms with Crippen molar-refractivity contribution >= 4 is 11.2 Å². The minimum Gasteiger partial charge on any atom is -0.399 e.